The van der Waals surface area contributed by atoms with E-state index in [1.54, 1.807) is 4.90 Å². The minimum atomic E-state index is 0.229. The third-order valence-electron chi connectivity index (χ3n) is 4.24. The zero-order chi connectivity index (χ0) is 13.8. The third kappa shape index (κ3) is 3.58. The van der Waals surface area contributed by atoms with Crippen LogP contribution in [-0.4, -0.2) is 23.0 Å². The van der Waals surface area contributed by atoms with Crippen LogP contribution in [0.2, 0.25) is 0 Å². The minimum Gasteiger partial charge on any atom is -0.361 e. The monoisotopic (exact) mass is 264 g/mol. The van der Waals surface area contributed by atoms with Gasteiger partial charge in [-0.1, -0.05) is 30.8 Å². The van der Waals surface area contributed by atoms with Crippen LogP contribution in [0.5, 0.6) is 0 Å². The number of carbonyl (C=O) groups excluding carboxylic acids is 1. The summed E-state index contributed by atoms with van der Waals surface area (Å²) in [5.41, 5.74) is 1.92. The van der Waals surface area contributed by atoms with Crippen LogP contribution in [0.3, 0.4) is 0 Å². The van der Waals surface area contributed by atoms with E-state index >= 15 is 0 Å². The Kier molecular flexibility index (Phi) is 4.61. The number of carbonyl (C=O) groups is 1. The zero-order valence-electron chi connectivity index (χ0n) is 12.2. The van der Waals surface area contributed by atoms with Gasteiger partial charge in [-0.05, 0) is 26.2 Å². The van der Waals surface area contributed by atoms with Crippen molar-refractivity contribution in [3.63, 3.8) is 0 Å². The van der Waals surface area contributed by atoms with Gasteiger partial charge in [0.15, 0.2) is 0 Å². The molecule has 1 amide bonds. The third-order valence-corrected chi connectivity index (χ3v) is 4.24. The molecular weight excluding hydrogens is 240 g/mol. The molecule has 19 heavy (non-hydrogen) atoms. The molecule has 0 spiro atoms. The van der Waals surface area contributed by atoms with Crippen LogP contribution in [0.25, 0.3) is 0 Å². The Hall–Kier alpha value is -1.32. The lowest BCUT2D eigenvalue weighted by Crippen LogP contribution is -2.26. The molecule has 106 valence electrons. The smallest absolute Gasteiger partial charge is 0.222 e. The normalized spacial score (nSPS) is 15.9. The average molecular weight is 264 g/mol. The van der Waals surface area contributed by atoms with Gasteiger partial charge in [0, 0.05) is 19.0 Å². The maximum Gasteiger partial charge on any atom is 0.222 e. The molecule has 0 aliphatic heterocycles. The van der Waals surface area contributed by atoms with Crippen LogP contribution in [0, 0.1) is 19.8 Å². The Bertz CT molecular complexity index is 414. The van der Waals surface area contributed by atoms with Gasteiger partial charge in [-0.2, -0.15) is 0 Å². The molecule has 0 N–H and O–H groups in total. The Balaban J connectivity index is 1.82. The van der Waals surface area contributed by atoms with E-state index in [4.69, 9.17) is 4.52 Å². The number of rotatable bonds is 5. The van der Waals surface area contributed by atoms with E-state index < -0.39 is 0 Å². The van der Waals surface area contributed by atoms with E-state index in [1.165, 1.54) is 25.7 Å². The molecule has 1 aliphatic rings. The van der Waals surface area contributed by atoms with Gasteiger partial charge in [0.05, 0.1) is 12.2 Å². The summed E-state index contributed by atoms with van der Waals surface area (Å²) < 4.78 is 5.13. The van der Waals surface area contributed by atoms with E-state index in [0.717, 1.165) is 29.4 Å². The van der Waals surface area contributed by atoms with Crippen molar-refractivity contribution in [2.75, 3.05) is 7.05 Å². The summed E-state index contributed by atoms with van der Waals surface area (Å²) in [6, 6.07) is 0. The fraction of sp³-hybridized carbons (Fsp3) is 0.733. The molecule has 2 rings (SSSR count). The highest BCUT2D eigenvalue weighted by molar-refractivity contribution is 5.75. The van der Waals surface area contributed by atoms with Crippen molar-refractivity contribution < 1.29 is 9.32 Å². The van der Waals surface area contributed by atoms with Crippen molar-refractivity contribution in [3.05, 3.63) is 17.0 Å². The van der Waals surface area contributed by atoms with E-state index in [9.17, 15) is 4.79 Å². The minimum absolute atomic E-state index is 0.229. The molecule has 1 saturated carbocycles. The van der Waals surface area contributed by atoms with Crippen molar-refractivity contribution >= 4 is 5.91 Å². The number of hydrogen-bond acceptors (Lipinski definition) is 3. The summed E-state index contributed by atoms with van der Waals surface area (Å²) in [4.78, 5) is 13.9. The van der Waals surface area contributed by atoms with E-state index in [2.05, 4.69) is 5.16 Å². The lowest BCUT2D eigenvalue weighted by atomic mass is 10.0. The highest BCUT2D eigenvalue weighted by Gasteiger charge is 2.19. The van der Waals surface area contributed by atoms with Crippen LogP contribution in [0.4, 0.5) is 0 Å². The SMILES string of the molecule is Cc1noc(C)c1CN(C)C(=O)CCC1CCCC1. The van der Waals surface area contributed by atoms with Crippen LogP contribution < -0.4 is 0 Å². The second-order valence-corrected chi connectivity index (χ2v) is 5.74. The van der Waals surface area contributed by atoms with Crippen molar-refractivity contribution in [1.82, 2.24) is 10.1 Å². The maximum atomic E-state index is 12.1. The second-order valence-electron chi connectivity index (χ2n) is 5.74. The Labute approximate surface area is 115 Å². The number of hydrogen-bond donors (Lipinski definition) is 0. The second kappa shape index (κ2) is 6.22. The van der Waals surface area contributed by atoms with Crippen LogP contribution in [0.1, 0.15) is 55.5 Å². The molecule has 0 saturated heterocycles. The van der Waals surface area contributed by atoms with E-state index in [1.807, 2.05) is 20.9 Å². The fourth-order valence-electron chi connectivity index (χ4n) is 2.87. The highest BCUT2D eigenvalue weighted by Crippen LogP contribution is 2.28. The predicted molar refractivity (Wildman–Crippen MR) is 73.6 cm³/mol. The van der Waals surface area contributed by atoms with Gasteiger partial charge in [0.1, 0.15) is 5.76 Å². The van der Waals surface area contributed by atoms with Gasteiger partial charge in [-0.25, -0.2) is 0 Å². The van der Waals surface area contributed by atoms with Crippen molar-refractivity contribution in [1.29, 1.82) is 0 Å². The summed E-state index contributed by atoms with van der Waals surface area (Å²) in [6.45, 7) is 4.42. The largest absolute Gasteiger partial charge is 0.361 e. The summed E-state index contributed by atoms with van der Waals surface area (Å²) in [6.07, 6.45) is 7.01. The number of nitrogens with zero attached hydrogens (tertiary/aromatic N) is 2. The van der Waals surface area contributed by atoms with E-state index in [-0.39, 0.29) is 5.91 Å². The van der Waals surface area contributed by atoms with Crippen LogP contribution in [0.15, 0.2) is 4.52 Å². The fourth-order valence-corrected chi connectivity index (χ4v) is 2.87. The van der Waals surface area contributed by atoms with Gasteiger partial charge in [0.25, 0.3) is 0 Å². The summed E-state index contributed by atoms with van der Waals surface area (Å²) >= 11 is 0. The number of aromatic nitrogens is 1. The Morgan fingerprint density at radius 2 is 2.05 bits per heavy atom. The molecule has 4 nitrogen and oxygen atoms in total. The molecule has 1 aromatic heterocycles. The standard InChI is InChI=1S/C15H24N2O2/c1-11-14(12(2)19-16-11)10-17(3)15(18)9-8-13-6-4-5-7-13/h13H,4-10H2,1-3H3. The molecule has 0 atom stereocenters. The van der Waals surface area contributed by atoms with E-state index in [0.29, 0.717) is 13.0 Å². The lowest BCUT2D eigenvalue weighted by molar-refractivity contribution is -0.130. The molecular formula is C15H24N2O2. The summed E-state index contributed by atoms with van der Waals surface area (Å²) in [5.74, 6) is 1.82. The summed E-state index contributed by atoms with van der Waals surface area (Å²) in [5, 5.41) is 3.92. The van der Waals surface area contributed by atoms with Gasteiger partial charge >= 0.3 is 0 Å². The summed E-state index contributed by atoms with van der Waals surface area (Å²) in [7, 11) is 1.86. The zero-order valence-corrected chi connectivity index (χ0v) is 12.2. The van der Waals surface area contributed by atoms with Crippen molar-refractivity contribution in [2.45, 2.75) is 58.9 Å². The predicted octanol–water partition coefficient (Wildman–Crippen LogP) is 3.22. The Morgan fingerprint density at radius 1 is 1.37 bits per heavy atom. The molecule has 1 fully saturated rings. The first-order valence-corrected chi connectivity index (χ1v) is 7.23. The molecule has 0 aromatic carbocycles. The van der Waals surface area contributed by atoms with Crippen LogP contribution >= 0.6 is 0 Å². The number of aryl methyl sites for hydroxylation is 2. The lowest BCUT2D eigenvalue weighted by Gasteiger charge is -2.18. The Morgan fingerprint density at radius 3 is 2.63 bits per heavy atom. The molecule has 0 unspecified atom stereocenters. The first kappa shape index (κ1) is 14.1. The highest BCUT2D eigenvalue weighted by atomic mass is 16.5. The molecule has 0 bridgehead atoms. The topological polar surface area (TPSA) is 46.3 Å². The van der Waals surface area contributed by atoms with Gasteiger partial charge < -0.3 is 9.42 Å². The molecule has 1 heterocycles. The van der Waals surface area contributed by atoms with Gasteiger partial charge in [-0.3, -0.25) is 4.79 Å². The van der Waals surface area contributed by atoms with Crippen LogP contribution in [-0.2, 0) is 11.3 Å². The number of amides is 1. The van der Waals surface area contributed by atoms with Gasteiger partial charge in [0.2, 0.25) is 5.91 Å². The average Bonchev–Trinajstić information content (AvgIpc) is 3.00. The van der Waals surface area contributed by atoms with Crippen molar-refractivity contribution in [2.24, 2.45) is 5.92 Å². The van der Waals surface area contributed by atoms with Gasteiger partial charge in [-0.15, -0.1) is 0 Å². The first-order chi connectivity index (χ1) is 9.08. The quantitative estimate of drug-likeness (QED) is 0.820. The molecule has 0 radical (unpaired) electrons. The van der Waals surface area contributed by atoms with Crippen molar-refractivity contribution in [3.8, 4) is 0 Å². The maximum absolute atomic E-state index is 12.1. The first-order valence-electron chi connectivity index (χ1n) is 7.23. The molecule has 1 aromatic rings. The molecule has 4 heteroatoms. The molecule has 1 aliphatic carbocycles.